The first-order valence-electron chi connectivity index (χ1n) is 10.7. The van der Waals surface area contributed by atoms with Gasteiger partial charge in [-0.15, -0.1) is 0 Å². The summed E-state index contributed by atoms with van der Waals surface area (Å²) in [4.78, 5) is 39.5. The Morgan fingerprint density at radius 2 is 2.03 bits per heavy atom. The third-order valence-corrected chi connectivity index (χ3v) is 6.34. The second-order valence-electron chi connectivity index (χ2n) is 8.46. The molecule has 3 aromatic heterocycles. The average molecular weight is 419 g/mol. The standard InChI is InChI=1S/C23H26N6O2/c1-13-6-8-17-18(11-13)26-23(25-17)19-5-4-10-28(19)22(31)9-7-16-14(2)24-20-12-21(30)27-29(20)15(16)3/h6,8,11-12,19H,4-5,7,9-10H2,1-3H3,(H,25,26)(H,27,30). The summed E-state index contributed by atoms with van der Waals surface area (Å²) in [6, 6.07) is 7.64. The van der Waals surface area contributed by atoms with E-state index >= 15 is 0 Å². The molecular formula is C23H26N6O2. The van der Waals surface area contributed by atoms with Crippen LogP contribution in [0.15, 0.2) is 29.1 Å². The summed E-state index contributed by atoms with van der Waals surface area (Å²) in [6.07, 6.45) is 2.88. The molecule has 2 N–H and O–H groups in total. The number of likely N-dealkylation sites (tertiary alicyclic amines) is 1. The van der Waals surface area contributed by atoms with Crippen molar-refractivity contribution >= 4 is 22.6 Å². The molecule has 0 spiro atoms. The predicted molar refractivity (Wildman–Crippen MR) is 118 cm³/mol. The number of nitrogens with zero attached hydrogens (tertiary/aromatic N) is 4. The van der Waals surface area contributed by atoms with Gasteiger partial charge in [-0.1, -0.05) is 6.07 Å². The quantitative estimate of drug-likeness (QED) is 0.532. The first kappa shape index (κ1) is 19.5. The fourth-order valence-corrected chi connectivity index (χ4v) is 4.74. The second kappa shape index (κ2) is 7.37. The molecule has 4 heterocycles. The van der Waals surface area contributed by atoms with Crippen molar-refractivity contribution in [3.63, 3.8) is 0 Å². The summed E-state index contributed by atoms with van der Waals surface area (Å²) in [7, 11) is 0. The van der Waals surface area contributed by atoms with E-state index in [4.69, 9.17) is 4.98 Å². The monoisotopic (exact) mass is 418 g/mol. The zero-order valence-electron chi connectivity index (χ0n) is 18.0. The summed E-state index contributed by atoms with van der Waals surface area (Å²) in [5, 5.41) is 2.77. The largest absolute Gasteiger partial charge is 0.340 e. The van der Waals surface area contributed by atoms with E-state index in [2.05, 4.69) is 34.1 Å². The fourth-order valence-electron chi connectivity index (χ4n) is 4.74. The molecule has 1 fully saturated rings. The van der Waals surface area contributed by atoms with Crippen molar-refractivity contribution in [1.82, 2.24) is 29.5 Å². The molecule has 8 nitrogen and oxygen atoms in total. The van der Waals surface area contributed by atoms with Gasteiger partial charge in [-0.05, 0) is 63.3 Å². The molecule has 1 saturated heterocycles. The minimum atomic E-state index is -0.177. The van der Waals surface area contributed by atoms with Gasteiger partial charge in [0.05, 0.1) is 17.1 Å². The Morgan fingerprint density at radius 3 is 2.87 bits per heavy atom. The normalized spacial score (nSPS) is 16.6. The van der Waals surface area contributed by atoms with Gasteiger partial charge in [0.15, 0.2) is 5.65 Å². The highest BCUT2D eigenvalue weighted by Crippen LogP contribution is 2.32. The fraction of sp³-hybridized carbons (Fsp3) is 0.391. The first-order chi connectivity index (χ1) is 14.9. The van der Waals surface area contributed by atoms with Crippen LogP contribution in [0.1, 0.15) is 53.6 Å². The van der Waals surface area contributed by atoms with Gasteiger partial charge in [0.1, 0.15) is 5.82 Å². The Kier molecular flexibility index (Phi) is 4.64. The highest BCUT2D eigenvalue weighted by atomic mass is 16.2. The lowest BCUT2D eigenvalue weighted by Gasteiger charge is -2.23. The smallest absolute Gasteiger partial charge is 0.266 e. The van der Waals surface area contributed by atoms with Crippen LogP contribution >= 0.6 is 0 Å². The van der Waals surface area contributed by atoms with E-state index < -0.39 is 0 Å². The molecule has 31 heavy (non-hydrogen) atoms. The molecule has 1 aromatic carbocycles. The van der Waals surface area contributed by atoms with Crippen LogP contribution in [0.5, 0.6) is 0 Å². The molecule has 4 aromatic rings. The van der Waals surface area contributed by atoms with Gasteiger partial charge < -0.3 is 9.88 Å². The van der Waals surface area contributed by atoms with Gasteiger partial charge in [0.2, 0.25) is 5.91 Å². The zero-order valence-corrected chi connectivity index (χ0v) is 18.0. The van der Waals surface area contributed by atoms with Gasteiger partial charge in [0.25, 0.3) is 5.56 Å². The van der Waals surface area contributed by atoms with Crippen molar-refractivity contribution in [2.75, 3.05) is 6.54 Å². The summed E-state index contributed by atoms with van der Waals surface area (Å²) in [5.41, 5.74) is 6.34. The van der Waals surface area contributed by atoms with Gasteiger partial charge in [-0.2, -0.15) is 0 Å². The van der Waals surface area contributed by atoms with Crippen LogP contribution in [0.4, 0.5) is 0 Å². The minimum absolute atomic E-state index is 0.0104. The Hall–Kier alpha value is -3.42. The number of H-pyrrole nitrogens is 2. The second-order valence-corrected chi connectivity index (χ2v) is 8.46. The molecule has 1 atom stereocenters. The highest BCUT2D eigenvalue weighted by molar-refractivity contribution is 5.78. The zero-order chi connectivity index (χ0) is 21.7. The number of aromatic nitrogens is 5. The summed E-state index contributed by atoms with van der Waals surface area (Å²) in [6.45, 7) is 6.69. The summed E-state index contributed by atoms with van der Waals surface area (Å²) < 4.78 is 1.70. The molecule has 1 aliphatic rings. The van der Waals surface area contributed by atoms with E-state index in [-0.39, 0.29) is 17.5 Å². The van der Waals surface area contributed by atoms with Gasteiger partial charge in [-0.3, -0.25) is 14.7 Å². The number of carbonyl (C=O) groups excluding carboxylic acids is 1. The predicted octanol–water partition coefficient (Wildman–Crippen LogP) is 3.12. The lowest BCUT2D eigenvalue weighted by atomic mass is 10.1. The van der Waals surface area contributed by atoms with E-state index in [0.717, 1.165) is 53.2 Å². The third-order valence-electron chi connectivity index (χ3n) is 6.34. The van der Waals surface area contributed by atoms with Crippen molar-refractivity contribution in [2.45, 2.75) is 52.5 Å². The number of benzene rings is 1. The average Bonchev–Trinajstić information content (AvgIpc) is 3.44. The summed E-state index contributed by atoms with van der Waals surface area (Å²) >= 11 is 0. The number of nitrogens with one attached hydrogen (secondary N) is 2. The molecule has 1 unspecified atom stereocenters. The maximum Gasteiger partial charge on any atom is 0.266 e. The Morgan fingerprint density at radius 1 is 1.19 bits per heavy atom. The van der Waals surface area contributed by atoms with Crippen LogP contribution in [0.3, 0.4) is 0 Å². The van der Waals surface area contributed by atoms with Crippen molar-refractivity contribution in [2.24, 2.45) is 0 Å². The molecule has 8 heteroatoms. The molecule has 1 aliphatic heterocycles. The molecule has 160 valence electrons. The number of carbonyl (C=O) groups is 1. The van der Waals surface area contributed by atoms with Crippen molar-refractivity contribution in [3.8, 4) is 0 Å². The van der Waals surface area contributed by atoms with Crippen molar-refractivity contribution in [3.05, 3.63) is 63.0 Å². The summed E-state index contributed by atoms with van der Waals surface area (Å²) in [5.74, 6) is 0.992. The number of hydrogen-bond acceptors (Lipinski definition) is 4. The lowest BCUT2D eigenvalue weighted by molar-refractivity contribution is -0.132. The van der Waals surface area contributed by atoms with Gasteiger partial charge in [0, 0.05) is 30.4 Å². The number of hydrogen-bond donors (Lipinski definition) is 2. The maximum absolute atomic E-state index is 13.2. The van der Waals surface area contributed by atoms with Crippen LogP contribution in [0.2, 0.25) is 0 Å². The number of rotatable bonds is 4. The third kappa shape index (κ3) is 3.41. The Labute approximate surface area is 179 Å². The van der Waals surface area contributed by atoms with Crippen LogP contribution in [0, 0.1) is 20.8 Å². The maximum atomic E-state index is 13.2. The van der Waals surface area contributed by atoms with E-state index in [1.807, 2.05) is 24.8 Å². The van der Waals surface area contributed by atoms with Gasteiger partial charge >= 0.3 is 0 Å². The molecule has 0 saturated carbocycles. The number of fused-ring (bicyclic) bond motifs is 2. The van der Waals surface area contributed by atoms with Crippen molar-refractivity contribution < 1.29 is 4.79 Å². The van der Waals surface area contributed by atoms with E-state index in [1.165, 1.54) is 11.6 Å². The SMILES string of the molecule is Cc1ccc2nc(C3CCCN3C(=O)CCc3c(C)nc4cc(=O)[nH]n4c3C)[nH]c2c1. The number of imidazole rings is 1. The Bertz CT molecular complexity index is 1360. The van der Waals surface area contributed by atoms with Crippen LogP contribution in [0.25, 0.3) is 16.7 Å². The number of aromatic amines is 2. The molecule has 0 aliphatic carbocycles. The topological polar surface area (TPSA) is 99.2 Å². The Balaban J connectivity index is 1.36. The molecular weight excluding hydrogens is 392 g/mol. The van der Waals surface area contributed by atoms with Crippen LogP contribution in [-0.4, -0.2) is 41.9 Å². The molecule has 0 bridgehead atoms. The molecule has 0 radical (unpaired) electrons. The van der Waals surface area contributed by atoms with Crippen LogP contribution < -0.4 is 5.56 Å². The van der Waals surface area contributed by atoms with E-state index in [0.29, 0.717) is 18.5 Å². The molecule has 5 rings (SSSR count). The van der Waals surface area contributed by atoms with Crippen LogP contribution in [-0.2, 0) is 11.2 Å². The van der Waals surface area contributed by atoms with E-state index in [9.17, 15) is 9.59 Å². The minimum Gasteiger partial charge on any atom is -0.340 e. The van der Waals surface area contributed by atoms with Crippen molar-refractivity contribution in [1.29, 1.82) is 0 Å². The number of amides is 1. The van der Waals surface area contributed by atoms with Gasteiger partial charge in [-0.25, -0.2) is 14.5 Å². The number of aryl methyl sites for hydroxylation is 3. The molecule has 1 amide bonds. The van der Waals surface area contributed by atoms with E-state index in [1.54, 1.807) is 4.52 Å². The lowest BCUT2D eigenvalue weighted by Crippen LogP contribution is -2.31. The first-order valence-corrected chi connectivity index (χ1v) is 10.7. The highest BCUT2D eigenvalue weighted by Gasteiger charge is 2.32.